The van der Waals surface area contributed by atoms with Gasteiger partial charge in [-0.3, -0.25) is 4.79 Å². The van der Waals surface area contributed by atoms with Crippen LogP contribution in [-0.4, -0.2) is 12.1 Å². The van der Waals surface area contributed by atoms with Gasteiger partial charge in [-0.15, -0.1) is 6.42 Å². The first-order valence-electron chi connectivity index (χ1n) is 5.36. The van der Waals surface area contributed by atoms with Crippen molar-refractivity contribution in [1.29, 1.82) is 0 Å². The molecule has 80 valence electrons. The highest BCUT2D eigenvalue weighted by molar-refractivity contribution is 5.69. The van der Waals surface area contributed by atoms with Gasteiger partial charge in [-0.25, -0.2) is 0 Å². The van der Waals surface area contributed by atoms with Crippen molar-refractivity contribution in [3.05, 3.63) is 0 Å². The summed E-state index contributed by atoms with van der Waals surface area (Å²) in [6, 6.07) is 0. The molecule has 0 aromatic carbocycles. The van der Waals surface area contributed by atoms with Crippen LogP contribution in [0.4, 0.5) is 0 Å². The lowest BCUT2D eigenvalue weighted by Crippen LogP contribution is -2.12. The number of esters is 1. The minimum absolute atomic E-state index is 0.174. The second-order valence-corrected chi connectivity index (χ2v) is 3.46. The first kappa shape index (κ1) is 13.0. The minimum Gasteiger partial charge on any atom is -0.449 e. The van der Waals surface area contributed by atoms with Crippen LogP contribution in [0.15, 0.2) is 0 Å². The Morgan fingerprint density at radius 3 is 2.57 bits per heavy atom. The Kier molecular flexibility index (Phi) is 8.02. The van der Waals surface area contributed by atoms with Gasteiger partial charge >= 0.3 is 5.97 Å². The number of ether oxygens (including phenoxy) is 1. The molecule has 2 heteroatoms. The molecule has 0 aliphatic heterocycles. The lowest BCUT2D eigenvalue weighted by Gasteiger charge is -2.06. The number of rotatable bonds is 7. The lowest BCUT2D eigenvalue weighted by molar-refractivity contribution is -0.145. The van der Waals surface area contributed by atoms with Gasteiger partial charge in [0.2, 0.25) is 0 Å². The van der Waals surface area contributed by atoms with Crippen molar-refractivity contribution in [3.63, 3.8) is 0 Å². The van der Waals surface area contributed by atoms with Crippen molar-refractivity contribution in [3.8, 4) is 12.3 Å². The zero-order chi connectivity index (χ0) is 10.8. The van der Waals surface area contributed by atoms with E-state index >= 15 is 0 Å². The molecule has 0 rings (SSSR count). The smallest absolute Gasteiger partial charge is 0.307 e. The first-order valence-corrected chi connectivity index (χ1v) is 5.36. The van der Waals surface area contributed by atoms with E-state index in [4.69, 9.17) is 11.2 Å². The van der Waals surface area contributed by atoms with E-state index < -0.39 is 6.10 Å². The zero-order valence-electron chi connectivity index (χ0n) is 9.21. The molecule has 0 aromatic heterocycles. The average Bonchev–Trinajstić information content (AvgIpc) is 2.17. The number of terminal acetylenes is 1. The molecule has 14 heavy (non-hydrogen) atoms. The van der Waals surface area contributed by atoms with Crippen LogP contribution in [0.5, 0.6) is 0 Å². The largest absolute Gasteiger partial charge is 0.449 e. The van der Waals surface area contributed by atoms with Crippen LogP contribution in [0, 0.1) is 12.3 Å². The summed E-state index contributed by atoms with van der Waals surface area (Å²) in [5.74, 6) is 2.19. The number of hydrogen-bond donors (Lipinski definition) is 0. The van der Waals surface area contributed by atoms with Gasteiger partial charge in [-0.05, 0) is 13.3 Å². The Bertz CT molecular complexity index is 191. The molecular formula is C12H20O2. The predicted octanol–water partition coefficient (Wildman–Crippen LogP) is 2.91. The summed E-state index contributed by atoms with van der Waals surface area (Å²) in [5, 5.41) is 0. The Balaban J connectivity index is 3.32. The van der Waals surface area contributed by atoms with Gasteiger partial charge in [0.25, 0.3) is 0 Å². The Labute approximate surface area is 87.0 Å². The van der Waals surface area contributed by atoms with Crippen molar-refractivity contribution in [1.82, 2.24) is 0 Å². The van der Waals surface area contributed by atoms with E-state index in [-0.39, 0.29) is 5.97 Å². The quantitative estimate of drug-likeness (QED) is 0.355. The van der Waals surface area contributed by atoms with Crippen LogP contribution in [0.1, 0.15) is 52.4 Å². The van der Waals surface area contributed by atoms with E-state index in [1.54, 1.807) is 6.92 Å². The van der Waals surface area contributed by atoms with E-state index in [1.165, 1.54) is 19.3 Å². The number of carbonyl (C=O) groups excluding carboxylic acids is 1. The fourth-order valence-corrected chi connectivity index (χ4v) is 1.16. The second-order valence-electron chi connectivity index (χ2n) is 3.46. The highest BCUT2D eigenvalue weighted by Crippen LogP contribution is 2.06. The topological polar surface area (TPSA) is 26.3 Å². The molecule has 0 bridgehead atoms. The van der Waals surface area contributed by atoms with Crippen molar-refractivity contribution < 1.29 is 9.53 Å². The van der Waals surface area contributed by atoms with Crippen molar-refractivity contribution in [2.75, 3.05) is 0 Å². The predicted molar refractivity (Wildman–Crippen MR) is 57.8 cm³/mol. The van der Waals surface area contributed by atoms with Crippen molar-refractivity contribution in [2.24, 2.45) is 0 Å². The van der Waals surface area contributed by atoms with Crippen molar-refractivity contribution in [2.45, 2.75) is 58.5 Å². The third kappa shape index (κ3) is 7.67. The maximum atomic E-state index is 11.1. The molecule has 0 N–H and O–H groups in total. The number of hydrogen-bond acceptors (Lipinski definition) is 2. The molecule has 0 heterocycles. The summed E-state index contributed by atoms with van der Waals surface area (Å²) in [6.45, 7) is 3.87. The molecule has 1 unspecified atom stereocenters. The maximum absolute atomic E-state index is 11.1. The fraction of sp³-hybridized carbons (Fsp3) is 0.750. The molecule has 0 spiro atoms. The van der Waals surface area contributed by atoms with Crippen LogP contribution in [0.3, 0.4) is 0 Å². The number of carbonyl (C=O) groups is 1. The molecule has 0 aromatic rings. The summed E-state index contributed by atoms with van der Waals surface area (Å²) < 4.78 is 4.93. The Morgan fingerprint density at radius 1 is 1.36 bits per heavy atom. The summed E-state index contributed by atoms with van der Waals surface area (Å²) in [6.07, 6.45) is 10.9. The Hall–Kier alpha value is -0.970. The van der Waals surface area contributed by atoms with Gasteiger partial charge < -0.3 is 4.74 Å². The Morgan fingerprint density at radius 2 is 2.00 bits per heavy atom. The summed E-state index contributed by atoms with van der Waals surface area (Å²) in [5.41, 5.74) is 0. The van der Waals surface area contributed by atoms with E-state index in [0.29, 0.717) is 6.42 Å². The highest BCUT2D eigenvalue weighted by atomic mass is 16.5. The molecule has 0 fully saturated rings. The monoisotopic (exact) mass is 196 g/mol. The summed E-state index contributed by atoms with van der Waals surface area (Å²) in [7, 11) is 0. The molecule has 0 amide bonds. The van der Waals surface area contributed by atoms with E-state index in [0.717, 1.165) is 12.8 Å². The SMILES string of the molecule is C#CC(C)OC(=O)CCCCCCC. The first-order chi connectivity index (χ1) is 6.70. The standard InChI is InChI=1S/C12H20O2/c1-4-6-7-8-9-10-12(13)14-11(3)5-2/h2,11H,4,6-10H2,1,3H3. The van der Waals surface area contributed by atoms with Crippen LogP contribution in [0.2, 0.25) is 0 Å². The summed E-state index contributed by atoms with van der Waals surface area (Å²) in [4.78, 5) is 11.1. The molecule has 0 aliphatic rings. The average molecular weight is 196 g/mol. The van der Waals surface area contributed by atoms with E-state index in [2.05, 4.69) is 12.8 Å². The van der Waals surface area contributed by atoms with Crippen LogP contribution in [0.25, 0.3) is 0 Å². The van der Waals surface area contributed by atoms with E-state index in [1.807, 2.05) is 0 Å². The van der Waals surface area contributed by atoms with Crippen LogP contribution >= 0.6 is 0 Å². The molecule has 1 atom stereocenters. The molecule has 0 aliphatic carbocycles. The zero-order valence-corrected chi connectivity index (χ0v) is 9.21. The molecule has 0 radical (unpaired) electrons. The normalized spacial score (nSPS) is 11.8. The van der Waals surface area contributed by atoms with Gasteiger partial charge in [-0.2, -0.15) is 0 Å². The number of unbranched alkanes of at least 4 members (excludes halogenated alkanes) is 4. The third-order valence-electron chi connectivity index (χ3n) is 2.03. The van der Waals surface area contributed by atoms with Gasteiger partial charge in [0.1, 0.15) is 0 Å². The van der Waals surface area contributed by atoms with E-state index in [9.17, 15) is 4.79 Å². The van der Waals surface area contributed by atoms with Gasteiger partial charge in [0, 0.05) is 6.42 Å². The van der Waals surface area contributed by atoms with Crippen LogP contribution < -0.4 is 0 Å². The van der Waals surface area contributed by atoms with Gasteiger partial charge in [-0.1, -0.05) is 38.5 Å². The summed E-state index contributed by atoms with van der Waals surface area (Å²) >= 11 is 0. The van der Waals surface area contributed by atoms with Crippen LogP contribution in [-0.2, 0) is 9.53 Å². The highest BCUT2D eigenvalue weighted by Gasteiger charge is 2.05. The fourth-order valence-electron chi connectivity index (χ4n) is 1.16. The second kappa shape index (κ2) is 8.62. The lowest BCUT2D eigenvalue weighted by atomic mass is 10.1. The third-order valence-corrected chi connectivity index (χ3v) is 2.03. The molecule has 0 saturated carbocycles. The molecular weight excluding hydrogens is 176 g/mol. The maximum Gasteiger partial charge on any atom is 0.307 e. The molecule has 2 nitrogen and oxygen atoms in total. The minimum atomic E-state index is -0.391. The molecule has 0 saturated heterocycles. The van der Waals surface area contributed by atoms with Gasteiger partial charge in [0.15, 0.2) is 6.10 Å². The van der Waals surface area contributed by atoms with Crippen molar-refractivity contribution >= 4 is 5.97 Å². The van der Waals surface area contributed by atoms with Gasteiger partial charge in [0.05, 0.1) is 0 Å².